The van der Waals surface area contributed by atoms with Gasteiger partial charge in [0, 0.05) is 12.7 Å². The molecule has 8 nitrogen and oxygen atoms in total. The number of anilines is 1. The van der Waals surface area contributed by atoms with E-state index in [1.54, 1.807) is 24.1 Å². The van der Waals surface area contributed by atoms with E-state index in [-0.39, 0.29) is 11.9 Å². The van der Waals surface area contributed by atoms with Crippen molar-refractivity contribution in [1.29, 1.82) is 0 Å². The Hall–Kier alpha value is -2.51. The third-order valence-electron chi connectivity index (χ3n) is 3.77. The van der Waals surface area contributed by atoms with Crippen LogP contribution in [-0.4, -0.2) is 43.5 Å². The molecule has 0 saturated carbocycles. The summed E-state index contributed by atoms with van der Waals surface area (Å²) in [5.41, 5.74) is 0. The fourth-order valence-corrected chi connectivity index (χ4v) is 2.68. The number of hydrogen-bond donors (Lipinski definition) is 1. The summed E-state index contributed by atoms with van der Waals surface area (Å²) in [6.07, 6.45) is 4.40. The predicted octanol–water partition coefficient (Wildman–Crippen LogP) is 1.47. The summed E-state index contributed by atoms with van der Waals surface area (Å²) in [6, 6.07) is 1.48. The molecule has 0 spiro atoms. The summed E-state index contributed by atoms with van der Waals surface area (Å²) in [5, 5.41) is 6.99. The first-order chi connectivity index (χ1) is 11.1. The lowest BCUT2D eigenvalue weighted by Crippen LogP contribution is -2.41. The van der Waals surface area contributed by atoms with Crippen molar-refractivity contribution in [1.82, 2.24) is 25.0 Å². The third-order valence-corrected chi connectivity index (χ3v) is 3.77. The second-order valence-corrected chi connectivity index (χ2v) is 5.68. The van der Waals surface area contributed by atoms with Crippen LogP contribution >= 0.6 is 0 Å². The van der Waals surface area contributed by atoms with E-state index in [0.29, 0.717) is 36.4 Å². The standard InChI is InChI=1S/C15H20N6O2/c1-10-16-7-6-13(17-10)19-12-5-3-4-8-21(15(12)22)9-14-18-11(2)20-23-14/h6-7,12H,3-5,8-9H2,1-2H3,(H,16,17,19). The van der Waals surface area contributed by atoms with E-state index < -0.39 is 0 Å². The minimum atomic E-state index is -0.296. The van der Waals surface area contributed by atoms with Gasteiger partial charge in [-0.2, -0.15) is 4.98 Å². The van der Waals surface area contributed by atoms with Gasteiger partial charge < -0.3 is 14.7 Å². The lowest BCUT2D eigenvalue weighted by atomic mass is 10.1. The van der Waals surface area contributed by atoms with Gasteiger partial charge in [-0.25, -0.2) is 9.97 Å². The maximum atomic E-state index is 12.8. The minimum Gasteiger partial charge on any atom is -0.358 e. The molecule has 0 aromatic carbocycles. The normalized spacial score (nSPS) is 18.8. The van der Waals surface area contributed by atoms with Gasteiger partial charge in [-0.05, 0) is 39.2 Å². The molecule has 1 saturated heterocycles. The Morgan fingerprint density at radius 3 is 2.91 bits per heavy atom. The lowest BCUT2D eigenvalue weighted by molar-refractivity contribution is -0.132. The Morgan fingerprint density at radius 1 is 1.30 bits per heavy atom. The Labute approximate surface area is 134 Å². The molecule has 3 rings (SSSR count). The van der Waals surface area contributed by atoms with Gasteiger partial charge >= 0.3 is 0 Å². The van der Waals surface area contributed by atoms with Crippen molar-refractivity contribution in [2.24, 2.45) is 0 Å². The van der Waals surface area contributed by atoms with Crippen LogP contribution in [0.2, 0.25) is 0 Å². The Kier molecular flexibility index (Phi) is 4.50. The zero-order chi connectivity index (χ0) is 16.2. The summed E-state index contributed by atoms with van der Waals surface area (Å²) in [5.74, 6) is 2.43. The number of nitrogens with one attached hydrogen (secondary N) is 1. The van der Waals surface area contributed by atoms with Crippen molar-refractivity contribution < 1.29 is 9.32 Å². The number of likely N-dealkylation sites (tertiary alicyclic amines) is 1. The van der Waals surface area contributed by atoms with Crippen LogP contribution in [0.15, 0.2) is 16.8 Å². The van der Waals surface area contributed by atoms with Gasteiger partial charge in [0.15, 0.2) is 5.82 Å². The van der Waals surface area contributed by atoms with Crippen molar-refractivity contribution in [2.45, 2.75) is 45.7 Å². The molecule has 1 aliphatic heterocycles. The Morgan fingerprint density at radius 2 is 2.17 bits per heavy atom. The summed E-state index contributed by atoms with van der Waals surface area (Å²) < 4.78 is 5.13. The zero-order valence-electron chi connectivity index (χ0n) is 13.3. The minimum absolute atomic E-state index is 0.0367. The van der Waals surface area contributed by atoms with Gasteiger partial charge in [0.05, 0.1) is 0 Å². The largest absolute Gasteiger partial charge is 0.358 e. The summed E-state index contributed by atoms with van der Waals surface area (Å²) >= 11 is 0. The van der Waals surface area contributed by atoms with E-state index in [1.165, 1.54) is 0 Å². The molecule has 2 aromatic rings. The molecule has 23 heavy (non-hydrogen) atoms. The van der Waals surface area contributed by atoms with Crippen molar-refractivity contribution in [3.05, 3.63) is 29.8 Å². The van der Waals surface area contributed by atoms with Crippen LogP contribution in [0.5, 0.6) is 0 Å². The van der Waals surface area contributed by atoms with Gasteiger partial charge in [-0.3, -0.25) is 4.79 Å². The number of nitrogens with zero attached hydrogens (tertiary/aromatic N) is 5. The predicted molar refractivity (Wildman–Crippen MR) is 82.5 cm³/mol. The van der Waals surface area contributed by atoms with E-state index in [9.17, 15) is 4.79 Å². The second-order valence-electron chi connectivity index (χ2n) is 5.68. The first kappa shape index (κ1) is 15.4. The smallest absolute Gasteiger partial charge is 0.246 e. The molecule has 1 atom stereocenters. The monoisotopic (exact) mass is 316 g/mol. The van der Waals surface area contributed by atoms with Crippen LogP contribution < -0.4 is 5.32 Å². The maximum absolute atomic E-state index is 12.8. The average molecular weight is 316 g/mol. The van der Waals surface area contributed by atoms with Crippen LogP contribution in [0.25, 0.3) is 0 Å². The molecular formula is C15H20N6O2. The molecule has 8 heteroatoms. The molecule has 1 aliphatic rings. The van der Waals surface area contributed by atoms with Crippen LogP contribution in [-0.2, 0) is 11.3 Å². The topological polar surface area (TPSA) is 97.0 Å². The summed E-state index contributed by atoms with van der Waals surface area (Å²) in [6.45, 7) is 4.63. The Bertz CT molecular complexity index is 686. The number of rotatable bonds is 4. The Balaban J connectivity index is 1.71. The van der Waals surface area contributed by atoms with Crippen molar-refractivity contribution in [3.8, 4) is 0 Å². The SMILES string of the molecule is Cc1nccc(NC2CCCCN(Cc3nc(C)no3)C2=O)n1. The first-order valence-electron chi connectivity index (χ1n) is 7.76. The van der Waals surface area contributed by atoms with Crippen LogP contribution in [0, 0.1) is 13.8 Å². The highest BCUT2D eigenvalue weighted by molar-refractivity contribution is 5.84. The summed E-state index contributed by atoms with van der Waals surface area (Å²) in [7, 11) is 0. The van der Waals surface area contributed by atoms with Crippen molar-refractivity contribution in [2.75, 3.05) is 11.9 Å². The molecule has 0 bridgehead atoms. The molecule has 1 unspecified atom stereocenters. The number of aryl methyl sites for hydroxylation is 2. The molecule has 3 heterocycles. The number of hydrogen-bond acceptors (Lipinski definition) is 7. The fraction of sp³-hybridized carbons (Fsp3) is 0.533. The van der Waals surface area contributed by atoms with Gasteiger partial charge in [-0.1, -0.05) is 5.16 Å². The second kappa shape index (κ2) is 6.72. The molecule has 2 aromatic heterocycles. The first-order valence-corrected chi connectivity index (χ1v) is 7.76. The molecule has 1 N–H and O–H groups in total. The van der Waals surface area contributed by atoms with E-state index in [2.05, 4.69) is 25.4 Å². The van der Waals surface area contributed by atoms with E-state index in [1.807, 2.05) is 6.92 Å². The molecule has 1 amide bonds. The van der Waals surface area contributed by atoms with Crippen LogP contribution in [0.3, 0.4) is 0 Å². The summed E-state index contributed by atoms with van der Waals surface area (Å²) in [4.78, 5) is 27.1. The quantitative estimate of drug-likeness (QED) is 0.912. The molecule has 0 aliphatic carbocycles. The fourth-order valence-electron chi connectivity index (χ4n) is 2.68. The average Bonchev–Trinajstić information content (AvgIpc) is 2.85. The van der Waals surface area contributed by atoms with Crippen molar-refractivity contribution >= 4 is 11.7 Å². The maximum Gasteiger partial charge on any atom is 0.246 e. The van der Waals surface area contributed by atoms with E-state index in [0.717, 1.165) is 19.3 Å². The van der Waals surface area contributed by atoms with Crippen LogP contribution in [0.4, 0.5) is 5.82 Å². The number of amides is 1. The number of carbonyl (C=O) groups is 1. The molecule has 1 fully saturated rings. The highest BCUT2D eigenvalue weighted by atomic mass is 16.5. The molecular weight excluding hydrogens is 296 g/mol. The number of carbonyl (C=O) groups excluding carboxylic acids is 1. The highest BCUT2D eigenvalue weighted by Crippen LogP contribution is 2.18. The van der Waals surface area contributed by atoms with E-state index >= 15 is 0 Å². The number of aromatic nitrogens is 4. The third kappa shape index (κ3) is 3.82. The van der Waals surface area contributed by atoms with E-state index in [4.69, 9.17) is 4.52 Å². The zero-order valence-corrected chi connectivity index (χ0v) is 13.3. The van der Waals surface area contributed by atoms with Crippen LogP contribution in [0.1, 0.15) is 36.8 Å². The lowest BCUT2D eigenvalue weighted by Gasteiger charge is -2.23. The van der Waals surface area contributed by atoms with Gasteiger partial charge in [0.2, 0.25) is 11.8 Å². The molecule has 122 valence electrons. The van der Waals surface area contributed by atoms with Crippen molar-refractivity contribution in [3.63, 3.8) is 0 Å². The van der Waals surface area contributed by atoms with Gasteiger partial charge in [0.25, 0.3) is 0 Å². The highest BCUT2D eigenvalue weighted by Gasteiger charge is 2.28. The van der Waals surface area contributed by atoms with Gasteiger partial charge in [0.1, 0.15) is 24.2 Å². The van der Waals surface area contributed by atoms with Gasteiger partial charge in [-0.15, -0.1) is 0 Å². The molecule has 0 radical (unpaired) electrons.